The summed E-state index contributed by atoms with van der Waals surface area (Å²) in [7, 11) is 0. The Kier molecular flexibility index (Phi) is 3.45. The first-order valence-electron chi connectivity index (χ1n) is 4.51. The summed E-state index contributed by atoms with van der Waals surface area (Å²) < 4.78 is 7.18. The molecule has 0 atom stereocenters. The van der Waals surface area contributed by atoms with Crippen LogP contribution in [0.5, 0.6) is 0 Å². The molecule has 1 aromatic carbocycles. The van der Waals surface area contributed by atoms with Crippen LogP contribution in [0.3, 0.4) is 0 Å². The van der Waals surface area contributed by atoms with Crippen molar-refractivity contribution in [3.05, 3.63) is 37.9 Å². The molecule has 15 heavy (non-hydrogen) atoms. The number of halogens is 2. The summed E-state index contributed by atoms with van der Waals surface area (Å²) in [5, 5.41) is 0. The second kappa shape index (κ2) is 4.65. The molecule has 4 heteroatoms. The highest BCUT2D eigenvalue weighted by Crippen LogP contribution is 2.33. The fourth-order valence-corrected chi connectivity index (χ4v) is 2.57. The second-order valence-electron chi connectivity index (χ2n) is 3.14. The zero-order valence-electron chi connectivity index (χ0n) is 7.80. The lowest BCUT2D eigenvalue weighted by molar-refractivity contribution is -0.116. The molecule has 0 spiro atoms. The molecular formula is C11H8BrIO2. The van der Waals surface area contributed by atoms with Crippen LogP contribution in [-0.2, 0) is 9.53 Å². The van der Waals surface area contributed by atoms with Crippen LogP contribution in [0, 0.1) is 0 Å². The van der Waals surface area contributed by atoms with Gasteiger partial charge in [0.15, 0.2) is 5.78 Å². The number of hydrogen-bond acceptors (Lipinski definition) is 2. The van der Waals surface area contributed by atoms with Gasteiger partial charge in [-0.2, -0.15) is 0 Å². The van der Waals surface area contributed by atoms with E-state index in [0.29, 0.717) is 22.4 Å². The smallest absolute Gasteiger partial charge is 0.176 e. The van der Waals surface area contributed by atoms with E-state index >= 15 is 0 Å². The minimum absolute atomic E-state index is 0.160. The normalized spacial score (nSPS) is 16.5. The lowest BCUT2D eigenvalue weighted by atomic mass is 10.1. The first-order valence-corrected chi connectivity index (χ1v) is 6.38. The van der Waals surface area contributed by atoms with Gasteiger partial charge in [0.25, 0.3) is 0 Å². The van der Waals surface area contributed by atoms with Crippen molar-refractivity contribution in [2.45, 2.75) is 6.42 Å². The molecule has 1 aliphatic heterocycles. The highest BCUT2D eigenvalue weighted by molar-refractivity contribution is 14.1. The van der Waals surface area contributed by atoms with E-state index in [-0.39, 0.29) is 5.78 Å². The van der Waals surface area contributed by atoms with Crippen LogP contribution in [0.25, 0.3) is 5.76 Å². The zero-order valence-corrected chi connectivity index (χ0v) is 11.5. The average molecular weight is 379 g/mol. The highest BCUT2D eigenvalue weighted by Gasteiger charge is 2.21. The third-order valence-electron chi connectivity index (χ3n) is 2.14. The zero-order chi connectivity index (χ0) is 10.8. The monoisotopic (exact) mass is 378 g/mol. The summed E-state index contributed by atoms with van der Waals surface area (Å²) in [6, 6.07) is 7.75. The molecule has 0 fully saturated rings. The first kappa shape index (κ1) is 11.1. The summed E-state index contributed by atoms with van der Waals surface area (Å²) in [4.78, 5) is 11.5. The van der Waals surface area contributed by atoms with E-state index in [1.54, 1.807) is 0 Å². The molecule has 0 aliphatic carbocycles. The minimum Gasteiger partial charge on any atom is -0.491 e. The van der Waals surface area contributed by atoms with Gasteiger partial charge in [-0.15, -0.1) is 0 Å². The molecule has 0 radical (unpaired) electrons. The van der Waals surface area contributed by atoms with E-state index in [9.17, 15) is 4.79 Å². The van der Waals surface area contributed by atoms with Gasteiger partial charge in [-0.25, -0.2) is 0 Å². The molecule has 2 rings (SSSR count). The standard InChI is InChI=1S/C11H8BrIO2/c12-8-4-2-1-3-7(8)11-10(13)9(14)5-6-15-11/h1-4H,5-6H2. The van der Waals surface area contributed by atoms with Gasteiger partial charge in [-0.05, 0) is 28.7 Å². The largest absolute Gasteiger partial charge is 0.491 e. The molecule has 2 nitrogen and oxygen atoms in total. The molecule has 0 bridgehead atoms. The van der Waals surface area contributed by atoms with Crippen molar-refractivity contribution in [2.24, 2.45) is 0 Å². The topological polar surface area (TPSA) is 26.3 Å². The summed E-state index contributed by atoms with van der Waals surface area (Å²) >= 11 is 5.50. The lowest BCUT2D eigenvalue weighted by Crippen LogP contribution is -2.13. The van der Waals surface area contributed by atoms with Gasteiger partial charge >= 0.3 is 0 Å². The van der Waals surface area contributed by atoms with Crippen LogP contribution in [-0.4, -0.2) is 12.4 Å². The van der Waals surface area contributed by atoms with Gasteiger partial charge in [0, 0.05) is 16.5 Å². The van der Waals surface area contributed by atoms with E-state index in [1.165, 1.54) is 0 Å². The Morgan fingerprint density at radius 3 is 2.80 bits per heavy atom. The Morgan fingerprint density at radius 2 is 2.07 bits per heavy atom. The predicted octanol–water partition coefficient (Wildman–Crippen LogP) is 3.54. The summed E-state index contributed by atoms with van der Waals surface area (Å²) in [6.07, 6.45) is 0.478. The summed E-state index contributed by atoms with van der Waals surface area (Å²) in [5.41, 5.74) is 0.940. The average Bonchev–Trinajstić information content (AvgIpc) is 2.23. The van der Waals surface area contributed by atoms with Crippen LogP contribution in [0.4, 0.5) is 0 Å². The Bertz CT molecular complexity index is 440. The van der Waals surface area contributed by atoms with Gasteiger partial charge in [0.1, 0.15) is 5.76 Å². The van der Waals surface area contributed by atoms with Crippen LogP contribution < -0.4 is 0 Å². The molecule has 0 unspecified atom stereocenters. The molecule has 1 aliphatic rings. The highest BCUT2D eigenvalue weighted by atomic mass is 127. The van der Waals surface area contributed by atoms with E-state index in [2.05, 4.69) is 15.9 Å². The minimum atomic E-state index is 0.160. The number of benzene rings is 1. The molecule has 78 valence electrons. The molecule has 0 saturated carbocycles. The maximum atomic E-state index is 11.5. The second-order valence-corrected chi connectivity index (χ2v) is 5.08. The molecule has 0 aromatic heterocycles. The van der Waals surface area contributed by atoms with E-state index in [1.807, 2.05) is 46.9 Å². The number of carbonyl (C=O) groups is 1. The number of rotatable bonds is 1. The molecule has 0 saturated heterocycles. The van der Waals surface area contributed by atoms with Crippen molar-refractivity contribution >= 4 is 50.1 Å². The lowest BCUT2D eigenvalue weighted by Gasteiger charge is -2.18. The van der Waals surface area contributed by atoms with Crippen LogP contribution >= 0.6 is 38.5 Å². The van der Waals surface area contributed by atoms with E-state index < -0.39 is 0 Å². The van der Waals surface area contributed by atoms with Gasteiger partial charge in [0.2, 0.25) is 0 Å². The number of hydrogen-bond donors (Lipinski definition) is 0. The molecule has 1 aromatic rings. The van der Waals surface area contributed by atoms with Gasteiger partial charge in [-0.3, -0.25) is 4.79 Å². The maximum Gasteiger partial charge on any atom is 0.176 e. The van der Waals surface area contributed by atoms with Crippen LogP contribution in [0.1, 0.15) is 12.0 Å². The molecule has 1 heterocycles. The number of ether oxygens (including phenoxy) is 1. The van der Waals surface area contributed by atoms with Crippen molar-refractivity contribution < 1.29 is 9.53 Å². The Morgan fingerprint density at radius 1 is 1.33 bits per heavy atom. The van der Waals surface area contributed by atoms with Crippen molar-refractivity contribution in [3.63, 3.8) is 0 Å². The number of ketones is 1. The van der Waals surface area contributed by atoms with Gasteiger partial charge in [0.05, 0.1) is 10.2 Å². The Labute approximate surface area is 110 Å². The molecule has 0 amide bonds. The molecular weight excluding hydrogens is 371 g/mol. The SMILES string of the molecule is O=C1CCOC(c2ccccc2Br)=C1I. The van der Waals surface area contributed by atoms with Crippen molar-refractivity contribution in [3.8, 4) is 0 Å². The third kappa shape index (κ3) is 2.25. The number of allylic oxidation sites excluding steroid dienone is 1. The summed E-state index contributed by atoms with van der Waals surface area (Å²) in [5.74, 6) is 0.854. The fraction of sp³-hybridized carbons (Fsp3) is 0.182. The third-order valence-corrected chi connectivity index (χ3v) is 3.92. The van der Waals surface area contributed by atoms with Crippen molar-refractivity contribution in [2.75, 3.05) is 6.61 Å². The number of carbonyl (C=O) groups excluding carboxylic acids is 1. The predicted molar refractivity (Wildman–Crippen MR) is 70.7 cm³/mol. The fourth-order valence-electron chi connectivity index (χ4n) is 1.39. The molecule has 0 N–H and O–H groups in total. The Hall–Kier alpha value is -0.360. The van der Waals surface area contributed by atoms with E-state index in [0.717, 1.165) is 10.0 Å². The van der Waals surface area contributed by atoms with E-state index in [4.69, 9.17) is 4.74 Å². The first-order chi connectivity index (χ1) is 7.20. The van der Waals surface area contributed by atoms with Crippen molar-refractivity contribution in [1.29, 1.82) is 0 Å². The number of Topliss-reactive ketones (excluding diaryl/α,β-unsaturated/α-hetero) is 1. The summed E-state index contributed by atoms with van der Waals surface area (Å²) in [6.45, 7) is 0.474. The van der Waals surface area contributed by atoms with Crippen LogP contribution in [0.2, 0.25) is 0 Å². The maximum absolute atomic E-state index is 11.5. The quantitative estimate of drug-likeness (QED) is 0.698. The van der Waals surface area contributed by atoms with Gasteiger partial charge in [-0.1, -0.05) is 34.1 Å². The van der Waals surface area contributed by atoms with Crippen LogP contribution in [0.15, 0.2) is 32.3 Å². The van der Waals surface area contributed by atoms with Gasteiger partial charge < -0.3 is 4.74 Å². The van der Waals surface area contributed by atoms with Crippen molar-refractivity contribution in [1.82, 2.24) is 0 Å². The Balaban J connectivity index is 2.51.